The Morgan fingerprint density at radius 3 is 2.67 bits per heavy atom. The molecule has 2 atom stereocenters. The predicted molar refractivity (Wildman–Crippen MR) is 46.8 cm³/mol. The summed E-state index contributed by atoms with van der Waals surface area (Å²) in [6.45, 7) is 0. The molecule has 0 heterocycles. The number of carbonyl (C=O) groups is 1. The van der Waals surface area contributed by atoms with Crippen molar-refractivity contribution in [3.8, 4) is 0 Å². The highest BCUT2D eigenvalue weighted by molar-refractivity contribution is 5.66. The Labute approximate surface area is 72.9 Å². The van der Waals surface area contributed by atoms with Crippen LogP contribution in [0.1, 0.15) is 38.5 Å². The van der Waals surface area contributed by atoms with Crippen molar-refractivity contribution in [1.82, 2.24) is 0 Å². The van der Waals surface area contributed by atoms with Crippen LogP contribution >= 0.6 is 0 Å². The molecule has 1 aliphatic rings. The van der Waals surface area contributed by atoms with Gasteiger partial charge >= 0.3 is 5.97 Å². The fraction of sp³-hybridized carbons (Fsp3) is 0.889. The Bertz CT molecular complexity index is 159. The fourth-order valence-corrected chi connectivity index (χ4v) is 1.90. The number of nitrogens with two attached hydrogens (primary N) is 1. The van der Waals surface area contributed by atoms with E-state index in [1.54, 1.807) is 0 Å². The summed E-state index contributed by atoms with van der Waals surface area (Å²) in [7, 11) is 0. The summed E-state index contributed by atoms with van der Waals surface area (Å²) in [5.74, 6) is -0.248. The summed E-state index contributed by atoms with van der Waals surface area (Å²) in [5.41, 5.74) is 5.87. The predicted octanol–water partition coefficient (Wildman–Crippen LogP) is 1.37. The van der Waals surface area contributed by atoms with Crippen molar-refractivity contribution in [1.29, 1.82) is 0 Å². The molecule has 0 unspecified atom stereocenters. The van der Waals surface area contributed by atoms with Gasteiger partial charge in [-0.05, 0) is 25.2 Å². The van der Waals surface area contributed by atoms with Crippen LogP contribution in [0.5, 0.6) is 0 Å². The molecular weight excluding hydrogens is 154 g/mol. The molecule has 1 rings (SSSR count). The van der Waals surface area contributed by atoms with Crippen LogP contribution < -0.4 is 5.73 Å². The van der Waals surface area contributed by atoms with E-state index in [2.05, 4.69) is 0 Å². The number of carboxylic acids is 1. The quantitative estimate of drug-likeness (QED) is 0.674. The van der Waals surface area contributed by atoms with E-state index in [1.165, 1.54) is 12.8 Å². The molecule has 0 aliphatic heterocycles. The maximum absolute atomic E-state index is 10.3. The third-order valence-electron chi connectivity index (χ3n) is 2.70. The Kier molecular flexibility index (Phi) is 3.53. The van der Waals surface area contributed by atoms with Gasteiger partial charge in [0.25, 0.3) is 0 Å². The third-order valence-corrected chi connectivity index (χ3v) is 2.70. The van der Waals surface area contributed by atoms with E-state index < -0.39 is 5.97 Å². The van der Waals surface area contributed by atoms with Gasteiger partial charge in [0.1, 0.15) is 0 Å². The average Bonchev–Trinajstić information content (AvgIpc) is 2.03. The molecule has 3 N–H and O–H groups in total. The molecule has 1 fully saturated rings. The summed E-state index contributed by atoms with van der Waals surface area (Å²) in [6, 6.07) is 0.248. The monoisotopic (exact) mass is 171 g/mol. The summed E-state index contributed by atoms with van der Waals surface area (Å²) in [5, 5.41) is 8.49. The first-order chi connectivity index (χ1) is 5.70. The van der Waals surface area contributed by atoms with Gasteiger partial charge in [0, 0.05) is 12.5 Å². The van der Waals surface area contributed by atoms with Gasteiger partial charge in [-0.1, -0.05) is 12.8 Å². The van der Waals surface area contributed by atoms with Crippen molar-refractivity contribution in [3.63, 3.8) is 0 Å². The van der Waals surface area contributed by atoms with Crippen LogP contribution in [-0.2, 0) is 4.79 Å². The van der Waals surface area contributed by atoms with Crippen LogP contribution in [0.15, 0.2) is 0 Å². The molecule has 70 valence electrons. The molecule has 0 aromatic heterocycles. The average molecular weight is 171 g/mol. The molecular formula is C9H17NO2. The molecule has 1 aliphatic carbocycles. The number of hydrogen-bond acceptors (Lipinski definition) is 2. The molecule has 0 spiro atoms. The van der Waals surface area contributed by atoms with Crippen LogP contribution in [0.4, 0.5) is 0 Å². The van der Waals surface area contributed by atoms with Crippen LogP contribution in [-0.4, -0.2) is 17.1 Å². The highest BCUT2D eigenvalue weighted by Gasteiger charge is 2.21. The summed E-state index contributed by atoms with van der Waals surface area (Å²) in [6.07, 6.45) is 5.66. The van der Waals surface area contributed by atoms with Gasteiger partial charge in [-0.2, -0.15) is 0 Å². The number of carboxylic acid groups (broad SMARTS) is 1. The van der Waals surface area contributed by atoms with Gasteiger partial charge < -0.3 is 10.8 Å². The van der Waals surface area contributed by atoms with Crippen LogP contribution in [0.25, 0.3) is 0 Å². The van der Waals surface area contributed by atoms with Crippen molar-refractivity contribution in [2.75, 3.05) is 0 Å². The first-order valence-electron chi connectivity index (χ1n) is 4.67. The van der Waals surface area contributed by atoms with Crippen molar-refractivity contribution in [3.05, 3.63) is 0 Å². The van der Waals surface area contributed by atoms with E-state index in [4.69, 9.17) is 10.8 Å². The maximum Gasteiger partial charge on any atom is 0.303 e. The first kappa shape index (κ1) is 9.52. The zero-order valence-corrected chi connectivity index (χ0v) is 7.33. The zero-order chi connectivity index (χ0) is 8.97. The fourth-order valence-electron chi connectivity index (χ4n) is 1.90. The van der Waals surface area contributed by atoms with Gasteiger partial charge in [-0.25, -0.2) is 0 Å². The van der Waals surface area contributed by atoms with Crippen molar-refractivity contribution >= 4 is 5.97 Å². The van der Waals surface area contributed by atoms with E-state index in [0.717, 1.165) is 19.3 Å². The number of hydrogen-bond donors (Lipinski definition) is 2. The van der Waals surface area contributed by atoms with Crippen molar-refractivity contribution in [2.24, 2.45) is 11.7 Å². The van der Waals surface area contributed by atoms with Crippen LogP contribution in [0, 0.1) is 5.92 Å². The molecule has 0 saturated heterocycles. The lowest BCUT2D eigenvalue weighted by molar-refractivity contribution is -0.137. The summed E-state index contributed by atoms with van der Waals surface area (Å²) < 4.78 is 0. The first-order valence-corrected chi connectivity index (χ1v) is 4.67. The molecule has 0 aromatic rings. The lowest BCUT2D eigenvalue weighted by atomic mass is 9.82. The molecule has 0 amide bonds. The largest absolute Gasteiger partial charge is 0.481 e. The third kappa shape index (κ3) is 2.81. The van der Waals surface area contributed by atoms with E-state index in [1.807, 2.05) is 0 Å². The van der Waals surface area contributed by atoms with Crippen LogP contribution in [0.3, 0.4) is 0 Å². The highest BCUT2D eigenvalue weighted by atomic mass is 16.4. The Balaban J connectivity index is 2.24. The van der Waals surface area contributed by atoms with Gasteiger partial charge in [0.2, 0.25) is 0 Å². The summed E-state index contributed by atoms with van der Waals surface area (Å²) >= 11 is 0. The van der Waals surface area contributed by atoms with Crippen LogP contribution in [0.2, 0.25) is 0 Å². The lowest BCUT2D eigenvalue weighted by Gasteiger charge is -2.27. The van der Waals surface area contributed by atoms with Crippen molar-refractivity contribution in [2.45, 2.75) is 44.6 Å². The molecule has 0 bridgehead atoms. The van der Waals surface area contributed by atoms with E-state index in [0.29, 0.717) is 5.92 Å². The minimum Gasteiger partial charge on any atom is -0.481 e. The lowest BCUT2D eigenvalue weighted by Crippen LogP contribution is -2.33. The second-order valence-electron chi connectivity index (χ2n) is 3.64. The molecule has 3 nitrogen and oxygen atoms in total. The maximum atomic E-state index is 10.3. The Morgan fingerprint density at radius 1 is 1.42 bits per heavy atom. The molecule has 0 radical (unpaired) electrons. The van der Waals surface area contributed by atoms with Gasteiger partial charge in [-0.3, -0.25) is 4.79 Å². The number of rotatable bonds is 3. The Hall–Kier alpha value is -0.570. The van der Waals surface area contributed by atoms with Gasteiger partial charge in [-0.15, -0.1) is 0 Å². The SMILES string of the molecule is N[C@H]1CCCC[C@H]1CCC(=O)O. The van der Waals surface area contributed by atoms with E-state index >= 15 is 0 Å². The molecule has 3 heteroatoms. The normalized spacial score (nSPS) is 30.1. The van der Waals surface area contributed by atoms with E-state index in [9.17, 15) is 4.79 Å². The second kappa shape index (κ2) is 4.45. The smallest absolute Gasteiger partial charge is 0.303 e. The minimum absolute atomic E-state index is 0.248. The topological polar surface area (TPSA) is 63.3 Å². The second-order valence-corrected chi connectivity index (χ2v) is 3.64. The van der Waals surface area contributed by atoms with Crippen molar-refractivity contribution < 1.29 is 9.90 Å². The number of aliphatic carboxylic acids is 1. The van der Waals surface area contributed by atoms with E-state index in [-0.39, 0.29) is 12.5 Å². The standard InChI is InChI=1S/C9H17NO2/c10-8-4-2-1-3-7(8)5-6-9(11)12/h7-8H,1-6,10H2,(H,11,12)/t7-,8-/m0/s1. The molecule has 0 aromatic carbocycles. The van der Waals surface area contributed by atoms with Gasteiger partial charge in [0.15, 0.2) is 0 Å². The molecule has 1 saturated carbocycles. The Morgan fingerprint density at radius 2 is 2.08 bits per heavy atom. The van der Waals surface area contributed by atoms with Gasteiger partial charge in [0.05, 0.1) is 0 Å². The minimum atomic E-state index is -0.701. The summed E-state index contributed by atoms with van der Waals surface area (Å²) in [4.78, 5) is 10.3. The zero-order valence-electron chi connectivity index (χ0n) is 7.33. The highest BCUT2D eigenvalue weighted by Crippen LogP contribution is 2.26. The molecule has 12 heavy (non-hydrogen) atoms.